The number of benzene rings is 2. The Morgan fingerprint density at radius 2 is 2.00 bits per heavy atom. The fourth-order valence-corrected chi connectivity index (χ4v) is 3.21. The van der Waals surface area contributed by atoms with Crippen molar-refractivity contribution >= 4 is 43.4 Å². The number of thiazole rings is 1. The lowest BCUT2D eigenvalue weighted by atomic mass is 10.1. The van der Waals surface area contributed by atoms with Crippen molar-refractivity contribution in [3.8, 4) is 6.07 Å². The Balaban J connectivity index is 2.28. The zero-order valence-corrected chi connectivity index (χ0v) is 10.1. The van der Waals surface area contributed by atoms with Gasteiger partial charge in [0.2, 0.25) is 0 Å². The Morgan fingerprint density at radius 1 is 1.11 bits per heavy atom. The SMILES string of the molecule is N#Cc1nc2ccc3c4ccccc4[nH]c3c2s1. The van der Waals surface area contributed by atoms with Crippen molar-refractivity contribution in [1.29, 1.82) is 5.26 Å². The van der Waals surface area contributed by atoms with Gasteiger partial charge in [0.15, 0.2) is 5.01 Å². The Bertz CT molecular complexity index is 940. The normalized spacial score (nSPS) is 11.3. The predicted octanol–water partition coefficient (Wildman–Crippen LogP) is 3.80. The van der Waals surface area contributed by atoms with Crippen LogP contribution in [0, 0.1) is 11.3 Å². The summed E-state index contributed by atoms with van der Waals surface area (Å²) in [6.07, 6.45) is 0. The summed E-state index contributed by atoms with van der Waals surface area (Å²) in [7, 11) is 0. The smallest absolute Gasteiger partial charge is 0.195 e. The van der Waals surface area contributed by atoms with E-state index in [9.17, 15) is 0 Å². The lowest BCUT2D eigenvalue weighted by Gasteiger charge is -1.91. The largest absolute Gasteiger partial charge is 0.353 e. The lowest BCUT2D eigenvalue weighted by Crippen LogP contribution is -1.71. The van der Waals surface area contributed by atoms with Crippen LogP contribution in [-0.4, -0.2) is 9.97 Å². The van der Waals surface area contributed by atoms with Gasteiger partial charge in [0.1, 0.15) is 6.07 Å². The third kappa shape index (κ3) is 1.14. The first-order valence-corrected chi connectivity index (χ1v) is 6.38. The van der Waals surface area contributed by atoms with Crippen molar-refractivity contribution in [1.82, 2.24) is 9.97 Å². The summed E-state index contributed by atoms with van der Waals surface area (Å²) in [4.78, 5) is 7.71. The number of nitrogens with one attached hydrogen (secondary N) is 1. The molecule has 0 saturated heterocycles. The molecule has 4 heteroatoms. The van der Waals surface area contributed by atoms with E-state index in [1.54, 1.807) is 0 Å². The quantitative estimate of drug-likeness (QED) is 0.515. The maximum atomic E-state index is 8.94. The molecule has 0 radical (unpaired) electrons. The summed E-state index contributed by atoms with van der Waals surface area (Å²) in [5.74, 6) is 0. The van der Waals surface area contributed by atoms with Crippen LogP contribution < -0.4 is 0 Å². The molecule has 3 nitrogen and oxygen atoms in total. The summed E-state index contributed by atoms with van der Waals surface area (Å²) < 4.78 is 1.06. The maximum absolute atomic E-state index is 8.94. The number of hydrogen-bond acceptors (Lipinski definition) is 3. The van der Waals surface area contributed by atoms with Crippen LogP contribution in [0.3, 0.4) is 0 Å². The molecule has 0 saturated carbocycles. The number of aromatic nitrogens is 2. The third-order valence-corrected chi connectivity index (χ3v) is 4.12. The van der Waals surface area contributed by atoms with Gasteiger partial charge in [-0.15, -0.1) is 11.3 Å². The van der Waals surface area contributed by atoms with Crippen molar-refractivity contribution in [2.45, 2.75) is 0 Å². The van der Waals surface area contributed by atoms with E-state index in [0.29, 0.717) is 5.01 Å². The van der Waals surface area contributed by atoms with E-state index in [1.165, 1.54) is 22.1 Å². The van der Waals surface area contributed by atoms with E-state index in [4.69, 9.17) is 5.26 Å². The van der Waals surface area contributed by atoms with Crippen LogP contribution in [-0.2, 0) is 0 Å². The molecule has 2 heterocycles. The first-order chi connectivity index (χ1) is 8.86. The molecule has 0 fully saturated rings. The Kier molecular flexibility index (Phi) is 1.77. The Morgan fingerprint density at radius 3 is 2.89 bits per heavy atom. The molecular formula is C14H7N3S. The van der Waals surface area contributed by atoms with Gasteiger partial charge >= 0.3 is 0 Å². The Labute approximate surface area is 106 Å². The number of nitriles is 1. The van der Waals surface area contributed by atoms with E-state index in [1.807, 2.05) is 18.2 Å². The summed E-state index contributed by atoms with van der Waals surface area (Å²) >= 11 is 1.44. The van der Waals surface area contributed by atoms with E-state index in [0.717, 1.165) is 21.3 Å². The van der Waals surface area contributed by atoms with Gasteiger partial charge < -0.3 is 4.98 Å². The van der Waals surface area contributed by atoms with Crippen LogP contribution in [0.2, 0.25) is 0 Å². The molecular weight excluding hydrogens is 242 g/mol. The van der Waals surface area contributed by atoms with Gasteiger partial charge in [-0.1, -0.05) is 18.2 Å². The molecule has 0 spiro atoms. The van der Waals surface area contributed by atoms with Crippen molar-refractivity contribution in [3.63, 3.8) is 0 Å². The highest BCUT2D eigenvalue weighted by molar-refractivity contribution is 7.20. The molecule has 0 atom stereocenters. The molecule has 1 N–H and O–H groups in total. The number of rotatable bonds is 0. The number of fused-ring (bicyclic) bond motifs is 5. The molecule has 4 rings (SSSR count). The Hall–Kier alpha value is -2.38. The van der Waals surface area contributed by atoms with Crippen LogP contribution in [0.4, 0.5) is 0 Å². The molecule has 4 aromatic rings. The highest BCUT2D eigenvalue weighted by atomic mass is 32.1. The van der Waals surface area contributed by atoms with Gasteiger partial charge in [-0.3, -0.25) is 0 Å². The number of nitrogens with zero attached hydrogens (tertiary/aromatic N) is 2. The molecule has 2 aromatic heterocycles. The topological polar surface area (TPSA) is 52.5 Å². The van der Waals surface area contributed by atoms with E-state index < -0.39 is 0 Å². The molecule has 0 amide bonds. The second-order valence-electron chi connectivity index (χ2n) is 4.14. The predicted molar refractivity (Wildman–Crippen MR) is 73.7 cm³/mol. The first kappa shape index (κ1) is 9.63. The van der Waals surface area contributed by atoms with Crippen LogP contribution in [0.1, 0.15) is 5.01 Å². The average Bonchev–Trinajstić information content (AvgIpc) is 2.98. The summed E-state index contributed by atoms with van der Waals surface area (Å²) in [6.45, 7) is 0. The van der Waals surface area contributed by atoms with Crippen molar-refractivity contribution in [2.75, 3.05) is 0 Å². The van der Waals surface area contributed by atoms with Crippen molar-refractivity contribution < 1.29 is 0 Å². The van der Waals surface area contributed by atoms with Gasteiger partial charge in [0.05, 0.1) is 15.7 Å². The fourth-order valence-electron chi connectivity index (χ4n) is 2.35. The minimum atomic E-state index is 0.510. The molecule has 0 unspecified atom stereocenters. The van der Waals surface area contributed by atoms with E-state index >= 15 is 0 Å². The number of aromatic amines is 1. The zero-order valence-electron chi connectivity index (χ0n) is 9.27. The van der Waals surface area contributed by atoms with E-state index in [-0.39, 0.29) is 0 Å². The number of hydrogen-bond donors (Lipinski definition) is 1. The molecule has 84 valence electrons. The van der Waals surface area contributed by atoms with Gasteiger partial charge in [0, 0.05) is 16.3 Å². The standard InChI is InChI=1S/C14H7N3S/c15-7-12-16-11-6-5-9-8-3-1-2-4-10(8)17-13(9)14(11)18-12/h1-6,17H. The van der Waals surface area contributed by atoms with Gasteiger partial charge in [-0.2, -0.15) is 5.26 Å². The van der Waals surface area contributed by atoms with Crippen LogP contribution in [0.5, 0.6) is 0 Å². The second-order valence-corrected chi connectivity index (χ2v) is 5.14. The summed E-state index contributed by atoms with van der Waals surface area (Å²) in [6, 6.07) is 14.4. The lowest BCUT2D eigenvalue weighted by molar-refractivity contribution is 1.40. The number of H-pyrrole nitrogens is 1. The number of para-hydroxylation sites is 1. The zero-order chi connectivity index (χ0) is 12.1. The van der Waals surface area contributed by atoms with Crippen LogP contribution in [0.25, 0.3) is 32.0 Å². The van der Waals surface area contributed by atoms with Crippen LogP contribution >= 0.6 is 11.3 Å². The van der Waals surface area contributed by atoms with Crippen molar-refractivity contribution in [2.24, 2.45) is 0 Å². The van der Waals surface area contributed by atoms with Crippen LogP contribution in [0.15, 0.2) is 36.4 Å². The first-order valence-electron chi connectivity index (χ1n) is 5.57. The monoisotopic (exact) mass is 249 g/mol. The van der Waals surface area contributed by atoms with E-state index in [2.05, 4.69) is 34.2 Å². The van der Waals surface area contributed by atoms with Gasteiger partial charge in [-0.05, 0) is 18.2 Å². The van der Waals surface area contributed by atoms with Crippen molar-refractivity contribution in [3.05, 3.63) is 41.4 Å². The molecule has 2 aromatic carbocycles. The molecule has 0 aliphatic carbocycles. The van der Waals surface area contributed by atoms with Gasteiger partial charge in [-0.25, -0.2) is 4.98 Å². The molecule has 0 aliphatic rings. The third-order valence-electron chi connectivity index (χ3n) is 3.13. The fraction of sp³-hybridized carbons (Fsp3) is 0. The second kappa shape index (κ2) is 3.31. The van der Waals surface area contributed by atoms with Gasteiger partial charge in [0.25, 0.3) is 0 Å². The molecule has 18 heavy (non-hydrogen) atoms. The minimum absolute atomic E-state index is 0.510. The highest BCUT2D eigenvalue weighted by Gasteiger charge is 2.10. The minimum Gasteiger partial charge on any atom is -0.353 e. The summed E-state index contributed by atoms with van der Waals surface area (Å²) in [5, 5.41) is 11.8. The molecule has 0 bridgehead atoms. The molecule has 0 aliphatic heterocycles. The highest BCUT2D eigenvalue weighted by Crippen LogP contribution is 2.33. The maximum Gasteiger partial charge on any atom is 0.195 e. The average molecular weight is 249 g/mol. The summed E-state index contributed by atoms with van der Waals surface area (Å²) in [5.41, 5.74) is 3.08.